The fourth-order valence-electron chi connectivity index (χ4n) is 2.62. The van der Waals surface area contributed by atoms with Crippen molar-refractivity contribution in [1.82, 2.24) is 14.9 Å². The second-order valence-electron chi connectivity index (χ2n) is 5.16. The highest BCUT2D eigenvalue weighted by Crippen LogP contribution is 2.31. The van der Waals surface area contributed by atoms with Crippen LogP contribution in [0.1, 0.15) is 42.4 Å². The van der Waals surface area contributed by atoms with Crippen molar-refractivity contribution in [2.75, 3.05) is 0 Å². The van der Waals surface area contributed by atoms with Crippen LogP contribution in [0.2, 0.25) is 0 Å². The molecular weight excluding hydrogens is 230 g/mol. The first kappa shape index (κ1) is 13.1. The zero-order valence-corrected chi connectivity index (χ0v) is 11.2. The van der Waals surface area contributed by atoms with E-state index in [0.29, 0.717) is 11.6 Å². The van der Waals surface area contributed by atoms with E-state index in [0.717, 1.165) is 25.0 Å². The lowest BCUT2D eigenvalue weighted by Gasteiger charge is -2.37. The van der Waals surface area contributed by atoms with Gasteiger partial charge in [-0.1, -0.05) is 6.92 Å². The van der Waals surface area contributed by atoms with Crippen LogP contribution in [-0.2, 0) is 7.05 Å². The highest BCUT2D eigenvalue weighted by Gasteiger charge is 2.34. The van der Waals surface area contributed by atoms with E-state index >= 15 is 0 Å². The van der Waals surface area contributed by atoms with Gasteiger partial charge in [0.2, 0.25) is 0 Å². The maximum absolute atomic E-state index is 12.2. The van der Waals surface area contributed by atoms with E-state index < -0.39 is 0 Å². The predicted octanol–water partition coefficient (Wildman–Crippen LogP) is 1.01. The summed E-state index contributed by atoms with van der Waals surface area (Å²) in [6, 6.07) is 0.148. The number of hydrogen-bond donors (Lipinski definition) is 2. The predicted molar refractivity (Wildman–Crippen MR) is 68.2 cm³/mol. The van der Waals surface area contributed by atoms with Gasteiger partial charge in [-0.2, -0.15) is 0 Å². The largest absolute Gasteiger partial charge is 0.393 e. The van der Waals surface area contributed by atoms with Gasteiger partial charge in [-0.3, -0.25) is 4.79 Å². The first-order chi connectivity index (χ1) is 8.52. The number of carbonyl (C=O) groups excluding carboxylic acids is 1. The molecule has 0 bridgehead atoms. The molecule has 1 saturated carbocycles. The smallest absolute Gasteiger partial charge is 0.270 e. The van der Waals surface area contributed by atoms with Gasteiger partial charge >= 0.3 is 0 Å². The Morgan fingerprint density at radius 1 is 1.67 bits per heavy atom. The number of imidazole rings is 1. The van der Waals surface area contributed by atoms with Gasteiger partial charge in [0.05, 0.1) is 18.1 Å². The maximum Gasteiger partial charge on any atom is 0.270 e. The molecule has 1 aliphatic rings. The van der Waals surface area contributed by atoms with Crippen molar-refractivity contribution in [3.8, 4) is 0 Å². The Balaban J connectivity index is 2.02. The molecule has 5 nitrogen and oxygen atoms in total. The Bertz CT molecular complexity index is 416. The molecule has 18 heavy (non-hydrogen) atoms. The molecule has 1 aromatic rings. The number of rotatable bonds is 4. The van der Waals surface area contributed by atoms with Crippen LogP contribution in [0.4, 0.5) is 0 Å². The van der Waals surface area contributed by atoms with Gasteiger partial charge in [0.15, 0.2) is 0 Å². The number of amides is 1. The molecule has 1 fully saturated rings. The van der Waals surface area contributed by atoms with Gasteiger partial charge in [0, 0.05) is 13.1 Å². The average Bonchev–Trinajstić information content (AvgIpc) is 2.62. The lowest BCUT2D eigenvalue weighted by atomic mass is 9.76. The highest BCUT2D eigenvalue weighted by molar-refractivity contribution is 5.93. The summed E-state index contributed by atoms with van der Waals surface area (Å²) in [7, 11) is 1.82. The summed E-state index contributed by atoms with van der Waals surface area (Å²) in [5.41, 5.74) is 1.37. The molecule has 100 valence electrons. The van der Waals surface area contributed by atoms with Crippen molar-refractivity contribution in [2.45, 2.75) is 45.3 Å². The summed E-state index contributed by atoms with van der Waals surface area (Å²) in [5, 5.41) is 12.4. The lowest BCUT2D eigenvalue weighted by molar-refractivity contribution is 0.0231. The maximum atomic E-state index is 12.2. The van der Waals surface area contributed by atoms with Crippen molar-refractivity contribution in [1.29, 1.82) is 0 Å². The SMILES string of the molecule is CCC(NC(=O)c1c(C)ncn1C)C1CC(O)C1. The summed E-state index contributed by atoms with van der Waals surface area (Å²) in [5.74, 6) is 0.336. The number of aliphatic hydroxyl groups is 1. The molecule has 1 heterocycles. The third-order valence-corrected chi connectivity index (χ3v) is 3.81. The molecule has 1 atom stereocenters. The first-order valence-corrected chi connectivity index (χ1v) is 6.49. The van der Waals surface area contributed by atoms with Crippen molar-refractivity contribution in [3.63, 3.8) is 0 Å². The molecule has 5 heteroatoms. The van der Waals surface area contributed by atoms with Gasteiger partial charge in [-0.25, -0.2) is 4.98 Å². The summed E-state index contributed by atoms with van der Waals surface area (Å²) in [6.45, 7) is 3.90. The number of carbonyl (C=O) groups is 1. The average molecular weight is 251 g/mol. The van der Waals surface area contributed by atoms with Crippen LogP contribution in [0.5, 0.6) is 0 Å². The van der Waals surface area contributed by atoms with E-state index in [1.54, 1.807) is 10.9 Å². The van der Waals surface area contributed by atoms with E-state index in [2.05, 4.69) is 17.2 Å². The van der Waals surface area contributed by atoms with Gasteiger partial charge in [-0.15, -0.1) is 0 Å². The second kappa shape index (κ2) is 5.10. The summed E-state index contributed by atoms with van der Waals surface area (Å²) in [4.78, 5) is 16.3. The molecule has 0 aliphatic heterocycles. The summed E-state index contributed by atoms with van der Waals surface area (Å²) >= 11 is 0. The van der Waals surface area contributed by atoms with Crippen molar-refractivity contribution >= 4 is 5.91 Å². The van der Waals surface area contributed by atoms with Gasteiger partial charge in [0.25, 0.3) is 5.91 Å². The van der Waals surface area contributed by atoms with Crippen LogP contribution in [0.25, 0.3) is 0 Å². The van der Waals surface area contributed by atoms with Crippen LogP contribution in [0, 0.1) is 12.8 Å². The zero-order valence-electron chi connectivity index (χ0n) is 11.2. The number of nitrogens with one attached hydrogen (secondary N) is 1. The molecule has 1 amide bonds. The summed E-state index contributed by atoms with van der Waals surface area (Å²) < 4.78 is 1.74. The first-order valence-electron chi connectivity index (χ1n) is 6.49. The fourth-order valence-corrected chi connectivity index (χ4v) is 2.62. The Labute approximate surface area is 107 Å². The Morgan fingerprint density at radius 3 is 2.78 bits per heavy atom. The summed E-state index contributed by atoms with van der Waals surface area (Å²) in [6.07, 6.45) is 3.95. The molecule has 1 aromatic heterocycles. The van der Waals surface area contributed by atoms with E-state index in [9.17, 15) is 9.90 Å². The van der Waals surface area contributed by atoms with Crippen LogP contribution < -0.4 is 5.32 Å². The molecule has 2 N–H and O–H groups in total. The third-order valence-electron chi connectivity index (χ3n) is 3.81. The van der Waals surface area contributed by atoms with Crippen molar-refractivity contribution in [3.05, 3.63) is 17.7 Å². The molecule has 2 rings (SSSR count). The number of aromatic nitrogens is 2. The number of aliphatic hydroxyl groups excluding tert-OH is 1. The highest BCUT2D eigenvalue weighted by atomic mass is 16.3. The van der Waals surface area contributed by atoms with Crippen LogP contribution in [0.15, 0.2) is 6.33 Å². The van der Waals surface area contributed by atoms with Crippen LogP contribution in [-0.4, -0.2) is 32.7 Å². The minimum atomic E-state index is -0.181. The van der Waals surface area contributed by atoms with E-state index in [-0.39, 0.29) is 18.1 Å². The Kier molecular flexibility index (Phi) is 3.71. The van der Waals surface area contributed by atoms with Gasteiger partial charge in [-0.05, 0) is 32.1 Å². The number of nitrogens with zero attached hydrogens (tertiary/aromatic N) is 2. The molecule has 0 radical (unpaired) electrons. The van der Waals surface area contributed by atoms with Gasteiger partial charge < -0.3 is 15.0 Å². The monoisotopic (exact) mass is 251 g/mol. The Morgan fingerprint density at radius 2 is 2.33 bits per heavy atom. The molecule has 0 saturated heterocycles. The quantitative estimate of drug-likeness (QED) is 0.839. The molecule has 0 aromatic carbocycles. The van der Waals surface area contributed by atoms with E-state index in [4.69, 9.17) is 0 Å². The second-order valence-corrected chi connectivity index (χ2v) is 5.16. The molecular formula is C13H21N3O2. The topological polar surface area (TPSA) is 67.2 Å². The molecule has 0 spiro atoms. The van der Waals surface area contributed by atoms with E-state index in [1.807, 2.05) is 14.0 Å². The normalized spacial score (nSPS) is 24.4. The van der Waals surface area contributed by atoms with Crippen molar-refractivity contribution < 1.29 is 9.90 Å². The van der Waals surface area contributed by atoms with Gasteiger partial charge in [0.1, 0.15) is 5.69 Å². The number of hydrogen-bond acceptors (Lipinski definition) is 3. The Hall–Kier alpha value is -1.36. The minimum absolute atomic E-state index is 0.0688. The lowest BCUT2D eigenvalue weighted by Crippen LogP contribution is -2.47. The van der Waals surface area contributed by atoms with Crippen LogP contribution >= 0.6 is 0 Å². The fraction of sp³-hybridized carbons (Fsp3) is 0.692. The molecule has 1 aliphatic carbocycles. The third kappa shape index (κ3) is 2.41. The number of aryl methyl sites for hydroxylation is 2. The van der Waals surface area contributed by atoms with Crippen LogP contribution in [0.3, 0.4) is 0 Å². The standard InChI is InChI=1S/C13H21N3O2/c1-4-11(9-5-10(17)6-9)15-13(18)12-8(2)14-7-16(12)3/h7,9-11,17H,4-6H2,1-3H3,(H,15,18). The van der Waals surface area contributed by atoms with Crippen molar-refractivity contribution in [2.24, 2.45) is 13.0 Å². The zero-order chi connectivity index (χ0) is 13.3. The van der Waals surface area contributed by atoms with E-state index in [1.165, 1.54) is 0 Å². The minimum Gasteiger partial charge on any atom is -0.393 e. The molecule has 1 unspecified atom stereocenters.